The Morgan fingerprint density at radius 1 is 0.239 bits per heavy atom. The fourth-order valence-corrected chi connectivity index (χ4v) is 7.13. The van der Waals surface area contributed by atoms with Crippen molar-refractivity contribution in [3.05, 3.63) is 133 Å². The predicted octanol–water partition coefficient (Wildman–Crippen LogP) is 14.9. The highest BCUT2D eigenvalue weighted by Gasteiger charge is 2.26. The molecular weight excluding hydrogens is 553 g/mol. The summed E-state index contributed by atoms with van der Waals surface area (Å²) < 4.78 is 0. The number of rotatable bonds is 2. The van der Waals surface area contributed by atoms with E-state index < -0.39 is 0 Å². The molecule has 0 fully saturated rings. The summed E-state index contributed by atoms with van der Waals surface area (Å²) >= 11 is 0. The minimum Gasteiger partial charge on any atom is -0.0683 e. The van der Waals surface area contributed by atoms with Gasteiger partial charge in [-0.3, -0.25) is 0 Å². The maximum absolute atomic E-state index is 2.33. The Balaban J connectivity index is 0.000000487. The number of hydrogen-bond donors (Lipinski definition) is 0. The van der Waals surface area contributed by atoms with E-state index in [1.807, 2.05) is 55.4 Å². The van der Waals surface area contributed by atoms with Crippen molar-refractivity contribution in [2.24, 2.45) is 0 Å². The molecule has 0 bridgehead atoms. The number of benzene rings is 7. The van der Waals surface area contributed by atoms with Crippen LogP contribution in [0.15, 0.2) is 133 Å². The van der Waals surface area contributed by atoms with Gasteiger partial charge < -0.3 is 0 Å². The molecule has 230 valence electrons. The Morgan fingerprint density at radius 3 is 0.761 bits per heavy atom. The van der Waals surface area contributed by atoms with Gasteiger partial charge in [-0.2, -0.15) is 0 Å². The molecule has 46 heavy (non-hydrogen) atoms. The highest BCUT2D eigenvalue weighted by atomic mass is 14.3. The van der Waals surface area contributed by atoms with Gasteiger partial charge in [0, 0.05) is 0 Å². The van der Waals surface area contributed by atoms with Gasteiger partial charge in [0.15, 0.2) is 0 Å². The normalized spacial score (nSPS) is 10.6. The molecule has 9 aromatic carbocycles. The molecule has 0 heterocycles. The zero-order chi connectivity index (χ0) is 32.8. The summed E-state index contributed by atoms with van der Waals surface area (Å²) in [5.74, 6) is 0. The van der Waals surface area contributed by atoms with Gasteiger partial charge in [0.25, 0.3) is 0 Å². The molecule has 0 unspecified atom stereocenters. The van der Waals surface area contributed by atoms with Crippen LogP contribution in [-0.4, -0.2) is 0 Å². The lowest BCUT2D eigenvalue weighted by molar-refractivity contribution is 1.50. The molecule has 0 amide bonds. The second kappa shape index (κ2) is 14.4. The summed E-state index contributed by atoms with van der Waals surface area (Å²) in [4.78, 5) is 0. The lowest BCUT2D eigenvalue weighted by atomic mass is 9.87. The number of hydrogen-bond acceptors (Lipinski definition) is 0. The first kappa shape index (κ1) is 32.5. The molecule has 0 aromatic heterocycles. The third-order valence-electron chi connectivity index (χ3n) is 8.51. The summed E-state index contributed by atoms with van der Waals surface area (Å²) in [6, 6.07) is 49.2. The summed E-state index contributed by atoms with van der Waals surface area (Å²) in [6.07, 6.45) is 0. The fraction of sp³-hybridized carbons (Fsp3) is 0.174. The van der Waals surface area contributed by atoms with Gasteiger partial charge in [-0.05, 0) is 86.9 Å². The monoisotopic (exact) mass is 598 g/mol. The van der Waals surface area contributed by atoms with Gasteiger partial charge in [0.2, 0.25) is 0 Å². The molecule has 0 atom stereocenters. The fourth-order valence-electron chi connectivity index (χ4n) is 7.13. The van der Waals surface area contributed by atoms with Gasteiger partial charge in [-0.1, -0.05) is 189 Å². The Hall–Kier alpha value is -4.94. The Labute approximate surface area is 275 Å². The van der Waals surface area contributed by atoms with Gasteiger partial charge in [-0.15, -0.1) is 0 Å². The first-order valence-corrected chi connectivity index (χ1v) is 17.3. The molecule has 0 N–H and O–H groups in total. The molecule has 0 spiro atoms. The van der Waals surface area contributed by atoms with Crippen molar-refractivity contribution in [1.29, 1.82) is 0 Å². The van der Waals surface area contributed by atoms with Crippen LogP contribution in [0, 0.1) is 0 Å². The van der Waals surface area contributed by atoms with Gasteiger partial charge in [-0.25, -0.2) is 0 Å². The second-order valence-corrected chi connectivity index (χ2v) is 10.4. The van der Waals surface area contributed by atoms with E-state index in [-0.39, 0.29) is 0 Å². The summed E-state index contributed by atoms with van der Waals surface area (Å²) in [6.45, 7) is 16.0. The largest absolute Gasteiger partial charge is 0.0683 e. The van der Waals surface area contributed by atoms with E-state index in [9.17, 15) is 0 Å². The lowest BCUT2D eigenvalue weighted by Crippen LogP contribution is -1.87. The molecule has 9 rings (SSSR count). The van der Waals surface area contributed by atoms with Crippen molar-refractivity contribution in [3.8, 4) is 22.3 Å². The highest BCUT2D eigenvalue weighted by Crippen LogP contribution is 2.55. The average molecular weight is 599 g/mol. The molecule has 0 saturated heterocycles. The Morgan fingerprint density at radius 2 is 0.500 bits per heavy atom. The van der Waals surface area contributed by atoms with Crippen molar-refractivity contribution in [3.63, 3.8) is 0 Å². The van der Waals surface area contributed by atoms with Crippen molar-refractivity contribution < 1.29 is 0 Å². The number of fused-ring (bicyclic) bond motifs is 6. The van der Waals surface area contributed by atoms with E-state index in [0.29, 0.717) is 0 Å². The maximum atomic E-state index is 2.33. The van der Waals surface area contributed by atoms with E-state index in [2.05, 4.69) is 133 Å². The quantitative estimate of drug-likeness (QED) is 0.186. The lowest BCUT2D eigenvalue weighted by Gasteiger charge is -2.15. The molecule has 0 saturated carbocycles. The molecule has 0 radical (unpaired) electrons. The van der Waals surface area contributed by atoms with Crippen LogP contribution < -0.4 is 0 Å². The maximum Gasteiger partial charge on any atom is -0.000719 e. The highest BCUT2D eigenvalue weighted by molar-refractivity contribution is 6.46. The van der Waals surface area contributed by atoms with Crippen LogP contribution >= 0.6 is 0 Å². The third-order valence-corrected chi connectivity index (χ3v) is 8.51. The van der Waals surface area contributed by atoms with Crippen LogP contribution in [0.3, 0.4) is 0 Å². The SMILES string of the molecule is CC.CC.CC.CC.c1ccc(-c2c3c4cccc5cccc(c3c(-c3ccccc3)c3c6cccc7cccc(c23)c76)c54)cc1. The summed E-state index contributed by atoms with van der Waals surface area (Å²) in [5, 5.41) is 16.2. The predicted molar refractivity (Wildman–Crippen MR) is 210 cm³/mol. The van der Waals surface area contributed by atoms with Gasteiger partial charge in [0.05, 0.1) is 0 Å². The Bertz CT molecular complexity index is 2020. The average Bonchev–Trinajstić information content (AvgIpc) is 3.67. The van der Waals surface area contributed by atoms with Crippen molar-refractivity contribution in [1.82, 2.24) is 0 Å². The zero-order valence-corrected chi connectivity index (χ0v) is 28.7. The van der Waals surface area contributed by atoms with E-state index in [0.717, 1.165) is 0 Å². The third kappa shape index (κ3) is 4.94. The molecular formula is C46H46. The van der Waals surface area contributed by atoms with E-state index in [4.69, 9.17) is 0 Å². The summed E-state index contributed by atoms with van der Waals surface area (Å²) in [5.41, 5.74) is 5.24. The smallest absolute Gasteiger partial charge is 0.000719 e. The van der Waals surface area contributed by atoms with E-state index in [1.165, 1.54) is 86.9 Å². The topological polar surface area (TPSA) is 0 Å². The van der Waals surface area contributed by atoms with Crippen LogP contribution in [-0.2, 0) is 0 Å². The first-order chi connectivity index (χ1) is 22.9. The van der Waals surface area contributed by atoms with Crippen molar-refractivity contribution in [2.45, 2.75) is 55.4 Å². The van der Waals surface area contributed by atoms with E-state index in [1.54, 1.807) is 0 Å². The van der Waals surface area contributed by atoms with Crippen LogP contribution in [0.25, 0.3) is 86.9 Å². The molecule has 0 aliphatic heterocycles. The van der Waals surface area contributed by atoms with Crippen LogP contribution in [0.4, 0.5) is 0 Å². The Kier molecular flexibility index (Phi) is 10.2. The van der Waals surface area contributed by atoms with Crippen LogP contribution in [0.5, 0.6) is 0 Å². The minimum atomic E-state index is 1.27. The minimum absolute atomic E-state index is 1.27. The summed E-state index contributed by atoms with van der Waals surface area (Å²) in [7, 11) is 0. The zero-order valence-electron chi connectivity index (χ0n) is 28.7. The van der Waals surface area contributed by atoms with E-state index >= 15 is 0 Å². The molecule has 0 aliphatic carbocycles. The van der Waals surface area contributed by atoms with Crippen molar-refractivity contribution in [2.75, 3.05) is 0 Å². The molecule has 9 aromatic rings. The van der Waals surface area contributed by atoms with Crippen LogP contribution in [0.2, 0.25) is 0 Å². The van der Waals surface area contributed by atoms with Gasteiger partial charge in [0.1, 0.15) is 0 Å². The van der Waals surface area contributed by atoms with Gasteiger partial charge >= 0.3 is 0 Å². The second-order valence-electron chi connectivity index (χ2n) is 10.4. The van der Waals surface area contributed by atoms with Crippen molar-refractivity contribution >= 4 is 64.6 Å². The first-order valence-electron chi connectivity index (χ1n) is 17.3. The molecule has 0 nitrogen and oxygen atoms in total. The standard InChI is InChI=1S/C38H22.4C2H6/c1-3-11-25(12-4-1)33-35-27-19-7-15-23-17-9-21-29(31(23)27)37(35)34(26-13-5-2-6-14-26)38-30-22-10-18-24-16-8-20-28(32(24)30)36(33)38;4*1-2/h1-22H;4*1-2H3. The molecule has 0 heteroatoms. The van der Waals surface area contributed by atoms with Crippen LogP contribution in [0.1, 0.15) is 55.4 Å². The molecule has 0 aliphatic rings.